The molecule has 1 aliphatic heterocycles. The molecule has 134 valence electrons. The van der Waals surface area contributed by atoms with Crippen LogP contribution in [-0.2, 0) is 14.8 Å². The van der Waals surface area contributed by atoms with Crippen molar-refractivity contribution < 1.29 is 13.2 Å². The highest BCUT2D eigenvalue weighted by atomic mass is 35.5. The number of piperidine rings is 1. The van der Waals surface area contributed by atoms with Gasteiger partial charge in [-0.2, -0.15) is 0 Å². The Morgan fingerprint density at radius 1 is 1.26 bits per heavy atom. The second kappa shape index (κ2) is 7.25. The molecule has 1 heterocycles. The Morgan fingerprint density at radius 2 is 1.96 bits per heavy atom. The summed E-state index contributed by atoms with van der Waals surface area (Å²) in [4.78, 5) is 14.8. The number of sulfonamides is 1. The van der Waals surface area contributed by atoms with Crippen molar-refractivity contribution in [3.63, 3.8) is 0 Å². The molecule has 3 aliphatic rings. The number of likely N-dealkylation sites (tertiary alicyclic amines) is 1. The van der Waals surface area contributed by atoms with E-state index in [9.17, 15) is 13.2 Å². The van der Waals surface area contributed by atoms with Gasteiger partial charge >= 0.3 is 0 Å². The lowest BCUT2D eigenvalue weighted by molar-refractivity contribution is -0.139. The molecule has 1 amide bonds. The van der Waals surface area contributed by atoms with E-state index in [1.54, 1.807) is 0 Å². The maximum atomic E-state index is 12.9. The Bertz CT molecular complexity index is 540. The van der Waals surface area contributed by atoms with E-state index in [1.165, 1.54) is 12.7 Å². The predicted molar refractivity (Wildman–Crippen MR) is 91.7 cm³/mol. The highest BCUT2D eigenvalue weighted by Crippen LogP contribution is 2.48. The van der Waals surface area contributed by atoms with Gasteiger partial charge in [-0.15, -0.1) is 12.4 Å². The van der Waals surface area contributed by atoms with Crippen molar-refractivity contribution in [1.29, 1.82) is 0 Å². The Kier molecular flexibility index (Phi) is 5.98. The molecule has 5 atom stereocenters. The minimum atomic E-state index is -3.17. The molecule has 2 saturated carbocycles. The van der Waals surface area contributed by atoms with Crippen molar-refractivity contribution in [3.8, 4) is 0 Å². The van der Waals surface area contributed by atoms with Crippen molar-refractivity contribution in [2.75, 3.05) is 25.9 Å². The molecule has 1 saturated heterocycles. The quantitative estimate of drug-likeness (QED) is 0.761. The highest BCUT2D eigenvalue weighted by Gasteiger charge is 2.50. The third-order valence-corrected chi connectivity index (χ3v) is 6.42. The molecule has 2 bridgehead atoms. The average Bonchev–Trinajstić information content (AvgIpc) is 3.05. The van der Waals surface area contributed by atoms with Crippen LogP contribution in [0.15, 0.2) is 0 Å². The molecular weight excluding hydrogens is 338 g/mol. The fourth-order valence-electron chi connectivity index (χ4n) is 4.61. The normalized spacial score (nSPS) is 36.8. The molecular formula is C15H28ClN3O3S. The lowest BCUT2D eigenvalue weighted by atomic mass is 9.83. The second-order valence-corrected chi connectivity index (χ2v) is 9.18. The molecule has 3 N–H and O–H groups in total. The summed E-state index contributed by atoms with van der Waals surface area (Å²) in [7, 11) is -3.17. The first-order valence-corrected chi connectivity index (χ1v) is 10.2. The molecule has 0 aromatic rings. The van der Waals surface area contributed by atoms with E-state index < -0.39 is 10.0 Å². The van der Waals surface area contributed by atoms with E-state index in [0.717, 1.165) is 32.2 Å². The maximum absolute atomic E-state index is 12.9. The Balaban J connectivity index is 0.00000192. The number of carbonyl (C=O) groups excluding carboxylic acids is 1. The van der Waals surface area contributed by atoms with Gasteiger partial charge in [-0.25, -0.2) is 13.1 Å². The van der Waals surface area contributed by atoms with Crippen LogP contribution in [-0.4, -0.2) is 51.2 Å². The molecule has 3 fully saturated rings. The first-order valence-electron chi connectivity index (χ1n) is 8.34. The highest BCUT2D eigenvalue weighted by molar-refractivity contribution is 7.88. The summed E-state index contributed by atoms with van der Waals surface area (Å²) < 4.78 is 25.0. The van der Waals surface area contributed by atoms with E-state index in [-0.39, 0.29) is 36.2 Å². The Morgan fingerprint density at radius 3 is 2.57 bits per heavy atom. The number of rotatable bonds is 4. The maximum Gasteiger partial charge on any atom is 0.227 e. The number of fused-ring (bicyclic) bond motifs is 2. The van der Waals surface area contributed by atoms with Crippen LogP contribution in [0.25, 0.3) is 0 Å². The summed E-state index contributed by atoms with van der Waals surface area (Å²) in [6.45, 7) is 1.86. The fourth-order valence-corrected chi connectivity index (χ4v) is 5.15. The van der Waals surface area contributed by atoms with Crippen LogP contribution >= 0.6 is 12.4 Å². The number of hydrogen-bond acceptors (Lipinski definition) is 4. The number of nitrogens with zero attached hydrogens (tertiary/aromatic N) is 1. The monoisotopic (exact) mass is 365 g/mol. The number of halogens is 1. The molecule has 0 aromatic carbocycles. The average molecular weight is 366 g/mol. The molecule has 2 aliphatic carbocycles. The third kappa shape index (κ3) is 4.18. The summed E-state index contributed by atoms with van der Waals surface area (Å²) in [5, 5.41) is 0. The number of nitrogens with one attached hydrogen (secondary N) is 1. The molecule has 23 heavy (non-hydrogen) atoms. The molecule has 0 aromatic heterocycles. The van der Waals surface area contributed by atoms with Gasteiger partial charge in [0.25, 0.3) is 0 Å². The molecule has 8 heteroatoms. The molecule has 5 unspecified atom stereocenters. The van der Waals surface area contributed by atoms with Crippen LogP contribution in [0.1, 0.15) is 32.1 Å². The molecule has 3 rings (SSSR count). The van der Waals surface area contributed by atoms with Crippen molar-refractivity contribution in [1.82, 2.24) is 9.62 Å². The van der Waals surface area contributed by atoms with Crippen LogP contribution in [0, 0.1) is 23.7 Å². The zero-order chi connectivity index (χ0) is 15.9. The number of hydrogen-bond donors (Lipinski definition) is 2. The number of nitrogens with two attached hydrogens (primary N) is 1. The SMILES string of the molecule is CS(=O)(=O)NCC1CCCN(C(=O)C2C3CCC(C3)C2N)C1.Cl. The molecule has 6 nitrogen and oxygen atoms in total. The van der Waals surface area contributed by atoms with Crippen molar-refractivity contribution in [2.45, 2.75) is 38.1 Å². The van der Waals surface area contributed by atoms with Crippen molar-refractivity contribution in [2.24, 2.45) is 29.4 Å². The first kappa shape index (κ1) is 19.0. The lowest BCUT2D eigenvalue weighted by Gasteiger charge is -2.37. The van der Waals surface area contributed by atoms with Crippen LogP contribution in [0.3, 0.4) is 0 Å². The summed E-state index contributed by atoms with van der Waals surface area (Å²) in [5.74, 6) is 1.43. The van der Waals surface area contributed by atoms with Gasteiger partial charge in [0.05, 0.1) is 12.2 Å². The molecule has 0 spiro atoms. The number of carbonyl (C=O) groups is 1. The van der Waals surface area contributed by atoms with Crippen LogP contribution < -0.4 is 10.5 Å². The fraction of sp³-hybridized carbons (Fsp3) is 0.933. The van der Waals surface area contributed by atoms with E-state index in [1.807, 2.05) is 4.90 Å². The topological polar surface area (TPSA) is 92.5 Å². The Hall–Kier alpha value is -0.370. The minimum Gasteiger partial charge on any atom is -0.342 e. The van der Waals surface area contributed by atoms with Crippen LogP contribution in [0.4, 0.5) is 0 Å². The summed E-state index contributed by atoms with van der Waals surface area (Å²) in [6, 6.07) is 0.0285. The van der Waals surface area contributed by atoms with Gasteiger partial charge in [0, 0.05) is 25.7 Å². The molecule has 0 radical (unpaired) electrons. The zero-order valence-electron chi connectivity index (χ0n) is 13.6. The van der Waals surface area contributed by atoms with Crippen LogP contribution in [0.2, 0.25) is 0 Å². The number of amides is 1. The smallest absolute Gasteiger partial charge is 0.227 e. The van der Waals surface area contributed by atoms with Gasteiger partial charge in [-0.1, -0.05) is 0 Å². The standard InChI is InChI=1S/C15H27N3O3S.ClH/c1-22(20,21)17-8-10-3-2-6-18(9-10)15(19)13-11-4-5-12(7-11)14(13)16;/h10-14,17H,2-9,16H2,1H3;1H. The first-order chi connectivity index (χ1) is 10.3. The van der Waals surface area contributed by atoms with E-state index >= 15 is 0 Å². The lowest BCUT2D eigenvalue weighted by Crippen LogP contribution is -2.51. The van der Waals surface area contributed by atoms with Gasteiger partial charge in [0.2, 0.25) is 15.9 Å². The van der Waals surface area contributed by atoms with E-state index in [0.29, 0.717) is 24.9 Å². The summed E-state index contributed by atoms with van der Waals surface area (Å²) in [5.41, 5.74) is 6.28. The third-order valence-electron chi connectivity index (χ3n) is 5.73. The summed E-state index contributed by atoms with van der Waals surface area (Å²) >= 11 is 0. The van der Waals surface area contributed by atoms with Crippen molar-refractivity contribution in [3.05, 3.63) is 0 Å². The largest absolute Gasteiger partial charge is 0.342 e. The zero-order valence-corrected chi connectivity index (χ0v) is 15.2. The van der Waals surface area contributed by atoms with Gasteiger partial charge in [0.15, 0.2) is 0 Å². The van der Waals surface area contributed by atoms with Crippen molar-refractivity contribution >= 4 is 28.3 Å². The van der Waals surface area contributed by atoms with Gasteiger partial charge in [-0.3, -0.25) is 4.79 Å². The Labute approximate surface area is 145 Å². The van der Waals surface area contributed by atoms with Gasteiger partial charge < -0.3 is 10.6 Å². The van der Waals surface area contributed by atoms with E-state index in [4.69, 9.17) is 5.73 Å². The second-order valence-electron chi connectivity index (χ2n) is 7.35. The van der Waals surface area contributed by atoms with Gasteiger partial charge in [-0.05, 0) is 49.9 Å². The van der Waals surface area contributed by atoms with Gasteiger partial charge in [0.1, 0.15) is 0 Å². The minimum absolute atomic E-state index is 0. The van der Waals surface area contributed by atoms with Crippen LogP contribution in [0.5, 0.6) is 0 Å². The summed E-state index contributed by atoms with van der Waals surface area (Å²) in [6.07, 6.45) is 6.52. The van der Waals surface area contributed by atoms with E-state index in [2.05, 4.69) is 4.72 Å². The predicted octanol–water partition coefficient (Wildman–Crippen LogP) is 0.569.